The van der Waals surface area contributed by atoms with Crippen LogP contribution in [0.1, 0.15) is 26.3 Å². The second-order valence-electron chi connectivity index (χ2n) is 4.96. The third-order valence-corrected chi connectivity index (χ3v) is 5.43. The molecule has 0 saturated carbocycles. The van der Waals surface area contributed by atoms with Gasteiger partial charge >= 0.3 is 13.8 Å². The van der Waals surface area contributed by atoms with E-state index in [0.717, 1.165) is 18.6 Å². The molecule has 3 nitrogen and oxygen atoms in total. The summed E-state index contributed by atoms with van der Waals surface area (Å²) in [5.41, 5.74) is -0.175. The molecule has 0 bridgehead atoms. The first kappa shape index (κ1) is 21.4. The Morgan fingerprint density at radius 2 is 1.64 bits per heavy atom. The van der Waals surface area contributed by atoms with E-state index in [2.05, 4.69) is 0 Å². The molecule has 0 aromatic heterocycles. The van der Waals surface area contributed by atoms with Crippen LogP contribution in [0, 0.1) is 0 Å². The molecule has 0 atom stereocenters. The molecule has 0 aliphatic heterocycles. The minimum Gasteiger partial charge on any atom is -0.306 e. The van der Waals surface area contributed by atoms with Crippen molar-refractivity contribution in [3.8, 4) is 0 Å². The van der Waals surface area contributed by atoms with Crippen LogP contribution in [0.3, 0.4) is 0 Å². The lowest BCUT2D eigenvalue weighted by molar-refractivity contribution is -0.0887. The summed E-state index contributed by atoms with van der Waals surface area (Å²) in [5.74, 6) is 0. The minimum atomic E-state index is -4.68. The zero-order chi connectivity index (χ0) is 18.9. The third-order valence-electron chi connectivity index (χ3n) is 3.17. The number of hydrogen-bond donors (Lipinski definition) is 0. The van der Waals surface area contributed by atoms with Gasteiger partial charge in [-0.1, -0.05) is 48.6 Å². The predicted octanol–water partition coefficient (Wildman–Crippen LogP) is 6.36. The molecule has 0 aliphatic rings. The van der Waals surface area contributed by atoms with Crippen LogP contribution in [0.25, 0.3) is 6.08 Å². The van der Waals surface area contributed by atoms with Gasteiger partial charge in [-0.05, 0) is 32.4 Å². The van der Waals surface area contributed by atoms with Crippen LogP contribution in [0.5, 0.6) is 0 Å². The standard InChI is InChI=1S/C18H22F3O3P/c1-4-23-25(22,24-5-2)15(3)17(18(19,20)21)14-10-9-13-16-11-7-6-8-12-16/h6-14H,4-5H2,1-3H3/b13-9+,14-10+,17-15+. The first-order chi connectivity index (χ1) is 11.7. The van der Waals surface area contributed by atoms with E-state index in [4.69, 9.17) is 9.05 Å². The summed E-state index contributed by atoms with van der Waals surface area (Å²) in [7, 11) is -3.99. The smallest absolute Gasteiger partial charge is 0.306 e. The van der Waals surface area contributed by atoms with E-state index in [9.17, 15) is 17.7 Å². The first-order valence-corrected chi connectivity index (χ1v) is 9.36. The van der Waals surface area contributed by atoms with Crippen molar-refractivity contribution in [3.05, 3.63) is 65.0 Å². The number of benzene rings is 1. The predicted molar refractivity (Wildman–Crippen MR) is 94.2 cm³/mol. The van der Waals surface area contributed by atoms with Crippen LogP contribution in [0.2, 0.25) is 0 Å². The Morgan fingerprint density at radius 3 is 2.12 bits per heavy atom. The molecular weight excluding hydrogens is 352 g/mol. The van der Waals surface area contributed by atoms with Gasteiger partial charge in [0.25, 0.3) is 0 Å². The van der Waals surface area contributed by atoms with Crippen molar-refractivity contribution in [2.45, 2.75) is 26.9 Å². The molecule has 0 N–H and O–H groups in total. The van der Waals surface area contributed by atoms with E-state index in [-0.39, 0.29) is 13.2 Å². The molecule has 25 heavy (non-hydrogen) atoms. The maximum Gasteiger partial charge on any atom is 0.416 e. The van der Waals surface area contributed by atoms with Gasteiger partial charge < -0.3 is 9.05 Å². The van der Waals surface area contributed by atoms with Crippen molar-refractivity contribution in [2.24, 2.45) is 0 Å². The molecule has 0 radical (unpaired) electrons. The van der Waals surface area contributed by atoms with E-state index in [1.165, 1.54) is 12.2 Å². The highest BCUT2D eigenvalue weighted by Crippen LogP contribution is 2.58. The quantitative estimate of drug-likeness (QED) is 0.392. The van der Waals surface area contributed by atoms with Crippen LogP contribution in [-0.2, 0) is 13.6 Å². The van der Waals surface area contributed by atoms with Crippen molar-refractivity contribution < 1.29 is 26.8 Å². The van der Waals surface area contributed by atoms with Gasteiger partial charge in [-0.15, -0.1) is 0 Å². The van der Waals surface area contributed by atoms with Crippen molar-refractivity contribution in [2.75, 3.05) is 13.2 Å². The Kier molecular flexibility index (Phi) is 8.36. The van der Waals surface area contributed by atoms with Gasteiger partial charge in [0.2, 0.25) is 0 Å². The Morgan fingerprint density at radius 1 is 1.08 bits per heavy atom. The van der Waals surface area contributed by atoms with Crippen molar-refractivity contribution in [1.29, 1.82) is 0 Å². The van der Waals surface area contributed by atoms with Crippen molar-refractivity contribution in [1.82, 2.24) is 0 Å². The summed E-state index contributed by atoms with van der Waals surface area (Å²) in [6.45, 7) is 4.18. The monoisotopic (exact) mass is 374 g/mol. The number of alkyl halides is 3. The Balaban J connectivity index is 3.17. The maximum absolute atomic E-state index is 13.4. The van der Waals surface area contributed by atoms with Gasteiger partial charge in [-0.3, -0.25) is 4.57 Å². The number of hydrogen-bond acceptors (Lipinski definition) is 3. The van der Waals surface area contributed by atoms with Crippen LogP contribution in [0.4, 0.5) is 13.2 Å². The summed E-state index contributed by atoms with van der Waals surface area (Å²) in [5, 5.41) is -0.451. The Labute approximate surface area is 146 Å². The molecule has 0 unspecified atom stereocenters. The van der Waals surface area contributed by atoms with Gasteiger partial charge in [0, 0.05) is 0 Å². The summed E-state index contributed by atoms with van der Waals surface area (Å²) >= 11 is 0. The Hall–Kier alpha value is -1.62. The summed E-state index contributed by atoms with van der Waals surface area (Å²) in [6.07, 6.45) is 0.608. The fourth-order valence-corrected chi connectivity index (χ4v) is 3.66. The minimum absolute atomic E-state index is 0.0165. The lowest BCUT2D eigenvalue weighted by Gasteiger charge is -2.21. The lowest BCUT2D eigenvalue weighted by Crippen LogP contribution is -2.13. The van der Waals surface area contributed by atoms with Crippen LogP contribution < -0.4 is 0 Å². The molecule has 0 amide bonds. The van der Waals surface area contributed by atoms with E-state index < -0.39 is 24.7 Å². The van der Waals surface area contributed by atoms with Crippen molar-refractivity contribution >= 4 is 13.7 Å². The largest absolute Gasteiger partial charge is 0.416 e. The summed E-state index contributed by atoms with van der Waals surface area (Å²) in [4.78, 5) is 0. The fraction of sp³-hybridized carbons (Fsp3) is 0.333. The molecule has 1 aromatic carbocycles. The lowest BCUT2D eigenvalue weighted by atomic mass is 10.2. The second-order valence-corrected chi connectivity index (χ2v) is 7.14. The molecule has 0 spiro atoms. The molecule has 0 fully saturated rings. The molecule has 1 rings (SSSR count). The maximum atomic E-state index is 13.4. The number of allylic oxidation sites excluding steroid dienone is 5. The van der Waals surface area contributed by atoms with Crippen LogP contribution in [0.15, 0.2) is 59.4 Å². The van der Waals surface area contributed by atoms with Crippen LogP contribution >= 0.6 is 7.60 Å². The zero-order valence-corrected chi connectivity index (χ0v) is 15.3. The van der Waals surface area contributed by atoms with E-state index >= 15 is 0 Å². The molecule has 138 valence electrons. The second kappa shape index (κ2) is 9.76. The van der Waals surface area contributed by atoms with E-state index in [1.807, 2.05) is 30.3 Å². The average Bonchev–Trinajstić information content (AvgIpc) is 2.54. The summed E-state index contributed by atoms with van der Waals surface area (Å²) in [6, 6.07) is 9.16. The van der Waals surface area contributed by atoms with Gasteiger partial charge in [0.15, 0.2) is 0 Å². The highest BCUT2D eigenvalue weighted by molar-refractivity contribution is 7.58. The molecular formula is C18H22F3O3P. The van der Waals surface area contributed by atoms with Gasteiger partial charge in [-0.25, -0.2) is 0 Å². The molecule has 0 saturated heterocycles. The third kappa shape index (κ3) is 6.65. The van der Waals surface area contributed by atoms with Crippen molar-refractivity contribution in [3.63, 3.8) is 0 Å². The highest BCUT2D eigenvalue weighted by Gasteiger charge is 2.39. The van der Waals surface area contributed by atoms with Gasteiger partial charge in [0.05, 0.1) is 24.1 Å². The normalized spacial score (nSPS) is 14.3. The highest BCUT2D eigenvalue weighted by atomic mass is 31.2. The molecule has 0 aliphatic carbocycles. The number of halogens is 3. The SMILES string of the molecule is CCOP(=O)(OCC)\C(C)=C(/C=C/C=C/c1ccccc1)C(F)(F)F. The zero-order valence-electron chi connectivity index (χ0n) is 14.4. The molecule has 1 aromatic rings. The average molecular weight is 374 g/mol. The fourth-order valence-electron chi connectivity index (χ4n) is 2.02. The topological polar surface area (TPSA) is 35.5 Å². The van der Waals surface area contributed by atoms with Gasteiger partial charge in [0.1, 0.15) is 0 Å². The molecule has 0 heterocycles. The van der Waals surface area contributed by atoms with Gasteiger partial charge in [-0.2, -0.15) is 13.2 Å². The number of rotatable bonds is 8. The van der Waals surface area contributed by atoms with E-state index in [0.29, 0.717) is 0 Å². The van der Waals surface area contributed by atoms with E-state index in [1.54, 1.807) is 19.9 Å². The Bertz CT molecular complexity index is 667. The molecule has 7 heteroatoms. The summed E-state index contributed by atoms with van der Waals surface area (Å²) < 4.78 is 62.7. The van der Waals surface area contributed by atoms with Crippen LogP contribution in [-0.4, -0.2) is 19.4 Å². The first-order valence-electron chi connectivity index (χ1n) is 7.82.